The molecule has 0 N–H and O–H groups in total. The number of rotatable bonds is 3. The fraction of sp³-hybridized carbons (Fsp3) is 0.0588. The van der Waals surface area contributed by atoms with Gasteiger partial charge in [-0.25, -0.2) is 0 Å². The first-order valence-electron chi connectivity index (χ1n) is 6.38. The smallest absolute Gasteiger partial charge is 0.121 e. The van der Waals surface area contributed by atoms with Crippen molar-refractivity contribution in [1.29, 1.82) is 0 Å². The fourth-order valence-electron chi connectivity index (χ4n) is 2.10. The highest BCUT2D eigenvalue weighted by Crippen LogP contribution is 2.21. The number of nitrogens with zero attached hydrogens (tertiary/aromatic N) is 2. The zero-order valence-electron chi connectivity index (χ0n) is 11.2. The molecule has 0 unspecified atom stereocenters. The van der Waals surface area contributed by atoms with Crippen LogP contribution < -0.4 is 4.74 Å². The van der Waals surface area contributed by atoms with Gasteiger partial charge in [-0.05, 0) is 23.6 Å². The summed E-state index contributed by atoms with van der Waals surface area (Å²) in [5.41, 5.74) is 1.95. The van der Waals surface area contributed by atoms with E-state index in [1.54, 1.807) is 13.3 Å². The molecule has 1 aromatic heterocycles. The van der Waals surface area contributed by atoms with E-state index < -0.39 is 0 Å². The summed E-state index contributed by atoms with van der Waals surface area (Å²) in [7, 11) is 1.65. The van der Waals surface area contributed by atoms with Crippen LogP contribution in [0.2, 0.25) is 0 Å². The molecule has 98 valence electrons. The molecular weight excluding hydrogens is 248 g/mol. The van der Waals surface area contributed by atoms with Crippen molar-refractivity contribution >= 4 is 22.7 Å². The van der Waals surface area contributed by atoms with Crippen LogP contribution in [0.5, 0.6) is 5.75 Å². The van der Waals surface area contributed by atoms with Gasteiger partial charge in [-0.15, -0.1) is 0 Å². The van der Waals surface area contributed by atoms with Gasteiger partial charge in [-0.2, -0.15) is 0 Å². The molecule has 0 spiro atoms. The van der Waals surface area contributed by atoms with Crippen molar-refractivity contribution in [2.24, 2.45) is 4.99 Å². The first-order chi connectivity index (χ1) is 9.86. The number of methoxy groups -OCH3 is 1. The second-order valence-electron chi connectivity index (χ2n) is 4.40. The standard InChI is InChI=1S/C17H14N2O/c1-20-16-7-3-6-15(10-16)19-12-14-5-2-4-13-11-18-9-8-17(13)14/h2-12H,1H3. The molecule has 20 heavy (non-hydrogen) atoms. The number of hydrogen-bond donors (Lipinski definition) is 0. The second kappa shape index (κ2) is 5.53. The van der Waals surface area contributed by atoms with E-state index in [1.165, 1.54) is 0 Å². The molecule has 0 aliphatic rings. The van der Waals surface area contributed by atoms with Crippen LogP contribution in [-0.2, 0) is 0 Å². The zero-order chi connectivity index (χ0) is 13.8. The normalized spacial score (nSPS) is 11.1. The lowest BCUT2D eigenvalue weighted by molar-refractivity contribution is 0.415. The van der Waals surface area contributed by atoms with E-state index in [0.717, 1.165) is 27.8 Å². The van der Waals surface area contributed by atoms with Crippen LogP contribution in [-0.4, -0.2) is 18.3 Å². The molecule has 3 heteroatoms. The Morgan fingerprint density at radius 2 is 2.00 bits per heavy atom. The molecule has 2 aromatic carbocycles. The number of pyridine rings is 1. The van der Waals surface area contributed by atoms with Crippen molar-refractivity contribution in [2.45, 2.75) is 0 Å². The van der Waals surface area contributed by atoms with E-state index in [-0.39, 0.29) is 0 Å². The summed E-state index contributed by atoms with van der Waals surface area (Å²) in [5.74, 6) is 0.807. The van der Waals surface area contributed by atoms with Crippen LogP contribution in [0.25, 0.3) is 10.8 Å². The van der Waals surface area contributed by atoms with Crippen LogP contribution in [0, 0.1) is 0 Å². The highest BCUT2D eigenvalue weighted by atomic mass is 16.5. The highest BCUT2D eigenvalue weighted by Gasteiger charge is 1.98. The fourth-order valence-corrected chi connectivity index (χ4v) is 2.10. The Morgan fingerprint density at radius 3 is 2.90 bits per heavy atom. The van der Waals surface area contributed by atoms with Crippen LogP contribution in [0.1, 0.15) is 5.56 Å². The lowest BCUT2D eigenvalue weighted by Gasteiger charge is -2.02. The average molecular weight is 262 g/mol. The van der Waals surface area contributed by atoms with Crippen LogP contribution in [0.15, 0.2) is 65.9 Å². The molecule has 3 rings (SSSR count). The van der Waals surface area contributed by atoms with Gasteiger partial charge >= 0.3 is 0 Å². The quantitative estimate of drug-likeness (QED) is 0.669. The van der Waals surface area contributed by atoms with Gasteiger partial charge in [0.1, 0.15) is 5.75 Å². The monoisotopic (exact) mass is 262 g/mol. The molecular formula is C17H14N2O. The van der Waals surface area contributed by atoms with Crippen molar-refractivity contribution in [2.75, 3.05) is 7.11 Å². The summed E-state index contributed by atoms with van der Waals surface area (Å²) >= 11 is 0. The molecule has 3 aromatic rings. The van der Waals surface area contributed by atoms with Crippen molar-refractivity contribution < 1.29 is 4.74 Å². The Morgan fingerprint density at radius 1 is 1.10 bits per heavy atom. The van der Waals surface area contributed by atoms with Crippen molar-refractivity contribution in [1.82, 2.24) is 4.98 Å². The summed E-state index contributed by atoms with van der Waals surface area (Å²) in [6, 6.07) is 15.8. The molecule has 0 aliphatic carbocycles. The number of benzene rings is 2. The Kier molecular flexibility index (Phi) is 3.42. The topological polar surface area (TPSA) is 34.5 Å². The summed E-state index contributed by atoms with van der Waals surface area (Å²) in [5, 5.41) is 2.26. The SMILES string of the molecule is COc1cccc(N=Cc2cccc3cnccc23)c1. The molecule has 0 fully saturated rings. The summed E-state index contributed by atoms with van der Waals surface area (Å²) < 4.78 is 5.19. The largest absolute Gasteiger partial charge is 0.497 e. The molecule has 0 atom stereocenters. The lowest BCUT2D eigenvalue weighted by Crippen LogP contribution is -1.85. The Balaban J connectivity index is 1.98. The maximum atomic E-state index is 5.19. The van der Waals surface area contributed by atoms with E-state index in [1.807, 2.05) is 60.9 Å². The van der Waals surface area contributed by atoms with Gasteiger partial charge in [0.2, 0.25) is 0 Å². The zero-order valence-corrected chi connectivity index (χ0v) is 11.2. The predicted molar refractivity (Wildman–Crippen MR) is 82.0 cm³/mol. The predicted octanol–water partition coefficient (Wildman–Crippen LogP) is 3.99. The van der Waals surface area contributed by atoms with Crippen LogP contribution in [0.4, 0.5) is 5.69 Å². The Labute approximate surface area is 117 Å². The van der Waals surface area contributed by atoms with Gasteiger partial charge < -0.3 is 4.74 Å². The summed E-state index contributed by atoms with van der Waals surface area (Å²) in [6.07, 6.45) is 5.53. The minimum Gasteiger partial charge on any atom is -0.497 e. The van der Waals surface area contributed by atoms with Gasteiger partial charge in [0.15, 0.2) is 0 Å². The van der Waals surface area contributed by atoms with E-state index in [2.05, 4.69) is 9.98 Å². The van der Waals surface area contributed by atoms with Crippen LogP contribution >= 0.6 is 0 Å². The molecule has 0 amide bonds. The minimum absolute atomic E-state index is 0.807. The van der Waals surface area contributed by atoms with Gasteiger partial charge in [0.05, 0.1) is 12.8 Å². The Hall–Kier alpha value is -2.68. The van der Waals surface area contributed by atoms with Gasteiger partial charge in [0, 0.05) is 35.6 Å². The van der Waals surface area contributed by atoms with E-state index in [4.69, 9.17) is 4.74 Å². The molecule has 0 radical (unpaired) electrons. The minimum atomic E-state index is 0.807. The molecule has 0 saturated carbocycles. The Bertz CT molecular complexity index is 760. The molecule has 0 bridgehead atoms. The van der Waals surface area contributed by atoms with E-state index >= 15 is 0 Å². The maximum absolute atomic E-state index is 5.19. The van der Waals surface area contributed by atoms with E-state index in [9.17, 15) is 0 Å². The number of aromatic nitrogens is 1. The lowest BCUT2D eigenvalue weighted by atomic mass is 10.1. The van der Waals surface area contributed by atoms with Gasteiger partial charge in [0.25, 0.3) is 0 Å². The summed E-state index contributed by atoms with van der Waals surface area (Å²) in [4.78, 5) is 8.64. The average Bonchev–Trinajstić information content (AvgIpc) is 2.53. The van der Waals surface area contributed by atoms with E-state index in [0.29, 0.717) is 0 Å². The third kappa shape index (κ3) is 2.52. The molecule has 0 saturated heterocycles. The van der Waals surface area contributed by atoms with Crippen molar-refractivity contribution in [3.63, 3.8) is 0 Å². The number of hydrogen-bond acceptors (Lipinski definition) is 3. The first kappa shape index (κ1) is 12.4. The van der Waals surface area contributed by atoms with Crippen molar-refractivity contribution in [3.05, 3.63) is 66.5 Å². The molecule has 3 nitrogen and oxygen atoms in total. The highest BCUT2D eigenvalue weighted by molar-refractivity contribution is 6.00. The summed E-state index contributed by atoms with van der Waals surface area (Å²) in [6.45, 7) is 0. The van der Waals surface area contributed by atoms with Gasteiger partial charge in [-0.3, -0.25) is 9.98 Å². The third-order valence-corrected chi connectivity index (χ3v) is 3.12. The number of aliphatic imine (C=N–C) groups is 1. The third-order valence-electron chi connectivity index (χ3n) is 3.12. The molecule has 1 heterocycles. The van der Waals surface area contributed by atoms with Crippen molar-refractivity contribution in [3.8, 4) is 5.75 Å². The molecule has 0 aliphatic heterocycles. The maximum Gasteiger partial charge on any atom is 0.121 e. The van der Waals surface area contributed by atoms with Gasteiger partial charge in [-0.1, -0.05) is 24.3 Å². The van der Waals surface area contributed by atoms with Crippen LogP contribution in [0.3, 0.4) is 0 Å². The number of ether oxygens (including phenoxy) is 1. The number of fused-ring (bicyclic) bond motifs is 1. The first-order valence-corrected chi connectivity index (χ1v) is 6.38. The second-order valence-corrected chi connectivity index (χ2v) is 4.40.